The molecule has 0 atom stereocenters. The molecule has 1 aliphatic carbocycles. The van der Waals surface area contributed by atoms with Crippen LogP contribution in [0.4, 0.5) is 0 Å². The molecule has 1 aliphatic rings. The number of hydrogen-bond donors (Lipinski definition) is 0. The third-order valence-electron chi connectivity index (χ3n) is 5.36. The summed E-state index contributed by atoms with van der Waals surface area (Å²) in [5.41, 5.74) is 5.48. The van der Waals surface area contributed by atoms with Crippen molar-refractivity contribution in [2.45, 2.75) is 12.8 Å². The lowest BCUT2D eigenvalue weighted by atomic mass is 9.86. The van der Waals surface area contributed by atoms with E-state index in [-0.39, 0.29) is 5.78 Å². The SMILES string of the molecule is COc1ccc2c(c1)CC/C(=C\c1cn(-c3ccccc3)nc1-c1cccs1)C2=O. The van der Waals surface area contributed by atoms with Gasteiger partial charge in [0.2, 0.25) is 0 Å². The molecule has 0 amide bonds. The molecule has 0 unspecified atom stereocenters. The lowest BCUT2D eigenvalue weighted by Gasteiger charge is -2.18. The number of fused-ring (bicyclic) bond motifs is 1. The van der Waals surface area contributed by atoms with Gasteiger partial charge in [0.1, 0.15) is 11.4 Å². The van der Waals surface area contributed by atoms with Gasteiger partial charge < -0.3 is 4.74 Å². The number of benzene rings is 2. The number of nitrogens with zero attached hydrogens (tertiary/aromatic N) is 2. The summed E-state index contributed by atoms with van der Waals surface area (Å²) < 4.78 is 7.19. The minimum atomic E-state index is 0.0866. The molecule has 0 bridgehead atoms. The number of thiophene rings is 1. The number of carbonyl (C=O) groups excluding carboxylic acids is 1. The van der Waals surface area contributed by atoms with Crippen molar-refractivity contribution in [1.82, 2.24) is 9.78 Å². The molecule has 0 radical (unpaired) electrons. The largest absolute Gasteiger partial charge is 0.497 e. The summed E-state index contributed by atoms with van der Waals surface area (Å²) in [6.07, 6.45) is 5.55. The summed E-state index contributed by atoms with van der Waals surface area (Å²) in [6.45, 7) is 0. The van der Waals surface area contributed by atoms with Crippen LogP contribution in [0.2, 0.25) is 0 Å². The number of hydrogen-bond acceptors (Lipinski definition) is 4. The van der Waals surface area contributed by atoms with Gasteiger partial charge in [-0.1, -0.05) is 24.3 Å². The number of methoxy groups -OCH3 is 1. The molecule has 0 fully saturated rings. The second kappa shape index (κ2) is 7.76. The molecule has 5 rings (SSSR count). The Labute approximate surface area is 179 Å². The van der Waals surface area contributed by atoms with Gasteiger partial charge in [-0.25, -0.2) is 4.68 Å². The first-order valence-electron chi connectivity index (χ1n) is 9.84. The van der Waals surface area contributed by atoms with E-state index in [1.807, 2.05) is 76.9 Å². The second-order valence-electron chi connectivity index (χ2n) is 7.21. The minimum absolute atomic E-state index is 0.0866. The normalized spacial score (nSPS) is 14.7. The molecule has 0 spiro atoms. The zero-order chi connectivity index (χ0) is 20.5. The number of rotatable bonds is 4. The summed E-state index contributed by atoms with van der Waals surface area (Å²) in [7, 11) is 1.65. The highest BCUT2D eigenvalue weighted by Gasteiger charge is 2.23. The average molecular weight is 413 g/mol. The Morgan fingerprint density at radius 2 is 1.93 bits per heavy atom. The van der Waals surface area contributed by atoms with E-state index in [0.29, 0.717) is 6.42 Å². The quantitative estimate of drug-likeness (QED) is 0.397. The lowest BCUT2D eigenvalue weighted by Crippen LogP contribution is -2.14. The molecule has 0 saturated carbocycles. The number of aromatic nitrogens is 2. The van der Waals surface area contributed by atoms with Crippen molar-refractivity contribution in [3.63, 3.8) is 0 Å². The Morgan fingerprint density at radius 1 is 1.07 bits per heavy atom. The Hall–Kier alpha value is -3.44. The van der Waals surface area contributed by atoms with Gasteiger partial charge in [0.15, 0.2) is 5.78 Å². The average Bonchev–Trinajstić information content (AvgIpc) is 3.46. The van der Waals surface area contributed by atoms with Crippen molar-refractivity contribution in [1.29, 1.82) is 0 Å². The third-order valence-corrected chi connectivity index (χ3v) is 6.24. The van der Waals surface area contributed by atoms with Gasteiger partial charge in [0.05, 0.1) is 17.7 Å². The summed E-state index contributed by atoms with van der Waals surface area (Å²) in [4.78, 5) is 14.2. The maximum absolute atomic E-state index is 13.2. The maximum Gasteiger partial charge on any atom is 0.189 e. The first-order valence-corrected chi connectivity index (χ1v) is 10.7. The van der Waals surface area contributed by atoms with Crippen molar-refractivity contribution in [2.24, 2.45) is 0 Å². The van der Waals surface area contributed by atoms with Crippen LogP contribution in [0.5, 0.6) is 5.75 Å². The van der Waals surface area contributed by atoms with Crippen LogP contribution in [-0.4, -0.2) is 22.7 Å². The van der Waals surface area contributed by atoms with Crippen molar-refractivity contribution >= 4 is 23.2 Å². The molecule has 0 saturated heterocycles. The van der Waals surface area contributed by atoms with Crippen LogP contribution < -0.4 is 4.74 Å². The predicted molar refractivity (Wildman–Crippen MR) is 120 cm³/mol. The summed E-state index contributed by atoms with van der Waals surface area (Å²) in [5.74, 6) is 0.876. The highest BCUT2D eigenvalue weighted by atomic mass is 32.1. The smallest absolute Gasteiger partial charge is 0.189 e. The van der Waals surface area contributed by atoms with Crippen LogP contribution >= 0.6 is 11.3 Å². The van der Waals surface area contributed by atoms with Crippen molar-refractivity contribution in [3.05, 3.63) is 94.5 Å². The number of Topliss-reactive ketones (excluding diaryl/α,β-unsaturated/α-hetero) is 1. The van der Waals surface area contributed by atoms with Crippen LogP contribution in [0.15, 0.2) is 77.8 Å². The molecule has 5 heteroatoms. The number of aryl methyl sites for hydroxylation is 1. The van der Waals surface area contributed by atoms with Gasteiger partial charge in [-0.05, 0) is 66.3 Å². The van der Waals surface area contributed by atoms with E-state index in [2.05, 4.69) is 6.07 Å². The second-order valence-corrected chi connectivity index (χ2v) is 8.16. The van der Waals surface area contributed by atoms with Gasteiger partial charge in [-0.3, -0.25) is 4.79 Å². The van der Waals surface area contributed by atoms with Crippen molar-refractivity contribution in [3.8, 4) is 22.0 Å². The zero-order valence-electron chi connectivity index (χ0n) is 16.5. The maximum atomic E-state index is 13.2. The summed E-state index contributed by atoms with van der Waals surface area (Å²) in [6, 6.07) is 19.8. The monoisotopic (exact) mass is 412 g/mol. The topological polar surface area (TPSA) is 44.1 Å². The Kier molecular flexibility index (Phi) is 4.81. The van der Waals surface area contributed by atoms with Crippen LogP contribution in [0.3, 0.4) is 0 Å². The van der Waals surface area contributed by atoms with Crippen molar-refractivity contribution < 1.29 is 9.53 Å². The van der Waals surface area contributed by atoms with Gasteiger partial charge in [-0.15, -0.1) is 11.3 Å². The number of ether oxygens (including phenoxy) is 1. The summed E-state index contributed by atoms with van der Waals surface area (Å²) >= 11 is 1.65. The molecule has 2 heterocycles. The highest BCUT2D eigenvalue weighted by Crippen LogP contribution is 2.33. The fourth-order valence-corrected chi connectivity index (χ4v) is 4.55. The third kappa shape index (κ3) is 3.37. The highest BCUT2D eigenvalue weighted by molar-refractivity contribution is 7.13. The molecule has 148 valence electrons. The van der Waals surface area contributed by atoms with Crippen LogP contribution in [0.25, 0.3) is 22.3 Å². The number of para-hydroxylation sites is 1. The molecule has 0 N–H and O–H groups in total. The fraction of sp³-hybridized carbons (Fsp3) is 0.120. The molecule has 2 aromatic carbocycles. The van der Waals surface area contributed by atoms with Crippen LogP contribution in [0, 0.1) is 0 Å². The van der Waals surface area contributed by atoms with Gasteiger partial charge in [-0.2, -0.15) is 5.10 Å². The van der Waals surface area contributed by atoms with E-state index in [9.17, 15) is 4.79 Å². The molecular weight excluding hydrogens is 392 g/mol. The van der Waals surface area contributed by atoms with Crippen molar-refractivity contribution in [2.75, 3.05) is 7.11 Å². The summed E-state index contributed by atoms with van der Waals surface area (Å²) in [5, 5.41) is 6.88. The first-order chi connectivity index (χ1) is 14.7. The van der Waals surface area contributed by atoms with E-state index >= 15 is 0 Å². The Morgan fingerprint density at radius 3 is 2.70 bits per heavy atom. The fourth-order valence-electron chi connectivity index (χ4n) is 3.82. The van der Waals surface area contributed by atoms with Gasteiger partial charge >= 0.3 is 0 Å². The van der Waals surface area contributed by atoms with Gasteiger partial charge in [0.25, 0.3) is 0 Å². The van der Waals surface area contributed by atoms with Crippen LogP contribution in [0.1, 0.15) is 27.9 Å². The van der Waals surface area contributed by atoms with E-state index < -0.39 is 0 Å². The molecule has 0 aliphatic heterocycles. The minimum Gasteiger partial charge on any atom is -0.497 e. The number of ketones is 1. The predicted octanol–water partition coefficient (Wildman–Crippen LogP) is 5.82. The van der Waals surface area contributed by atoms with Gasteiger partial charge in [0, 0.05) is 22.9 Å². The number of allylic oxidation sites excluding steroid dienone is 1. The van der Waals surface area contributed by atoms with E-state index in [4.69, 9.17) is 9.84 Å². The standard InChI is InChI=1S/C25H20N2O2S/c1-29-21-11-12-22-17(15-21)9-10-18(25(22)28)14-19-16-27(20-6-3-2-4-7-20)26-24(19)23-8-5-13-30-23/h2-8,11-16H,9-10H2,1H3/b18-14+. The van der Waals surface area contributed by atoms with E-state index in [0.717, 1.165) is 50.7 Å². The zero-order valence-corrected chi connectivity index (χ0v) is 17.4. The Bertz CT molecular complexity index is 1240. The number of carbonyl (C=O) groups is 1. The molecule has 30 heavy (non-hydrogen) atoms. The van der Waals surface area contributed by atoms with E-state index in [1.165, 1.54) is 0 Å². The Balaban J connectivity index is 1.57. The van der Waals surface area contributed by atoms with E-state index in [1.54, 1.807) is 18.4 Å². The molecule has 4 nitrogen and oxygen atoms in total. The molecular formula is C25H20N2O2S. The molecule has 4 aromatic rings. The molecule has 2 aromatic heterocycles. The first kappa shape index (κ1) is 18.6. The van der Waals surface area contributed by atoms with Crippen LogP contribution in [-0.2, 0) is 6.42 Å². The lowest BCUT2D eigenvalue weighted by molar-refractivity contribution is 0.102.